The number of hydrogen-bond donors (Lipinski definition) is 2. The van der Waals surface area contributed by atoms with Gasteiger partial charge in [-0.2, -0.15) is 5.26 Å². The van der Waals surface area contributed by atoms with Crippen LogP contribution < -0.4 is 0 Å². The van der Waals surface area contributed by atoms with Crippen molar-refractivity contribution in [1.82, 2.24) is 9.97 Å². The molecule has 0 spiro atoms. The Balaban J connectivity index is 3.25. The summed E-state index contributed by atoms with van der Waals surface area (Å²) in [7, 11) is 0. The standard InChI is InChI=1S/C7H4N4S2/c1-9-4(3-8)7-10-5(12)2-6(13)11-7/h2,4H,(H2,10,11,12,13). The molecule has 1 aromatic heterocycles. The summed E-state index contributed by atoms with van der Waals surface area (Å²) in [5.41, 5.74) is 0. The molecule has 0 radical (unpaired) electrons. The molecule has 64 valence electrons. The number of thiol groups is 1. The zero-order valence-electron chi connectivity index (χ0n) is 6.35. The fraction of sp³-hybridized carbons (Fsp3) is 0.143. The lowest BCUT2D eigenvalue weighted by atomic mass is 10.3. The maximum absolute atomic E-state index is 8.58. The molecule has 1 unspecified atom stereocenters. The summed E-state index contributed by atoms with van der Waals surface area (Å²) >= 11 is 8.83. The first-order valence-corrected chi connectivity index (χ1v) is 4.09. The van der Waals surface area contributed by atoms with Crippen molar-refractivity contribution in [3.63, 3.8) is 0 Å². The summed E-state index contributed by atoms with van der Waals surface area (Å²) in [4.78, 5) is 9.62. The molecule has 1 N–H and O–H groups in total. The minimum Gasteiger partial charge on any atom is -0.327 e. The van der Waals surface area contributed by atoms with Gasteiger partial charge in [0, 0.05) is 6.07 Å². The van der Waals surface area contributed by atoms with Crippen LogP contribution in [0.15, 0.2) is 11.1 Å². The molecule has 0 aliphatic rings. The monoisotopic (exact) mass is 208 g/mol. The molecule has 0 aromatic carbocycles. The first-order valence-electron chi connectivity index (χ1n) is 3.24. The van der Waals surface area contributed by atoms with Crippen molar-refractivity contribution < 1.29 is 0 Å². The average Bonchev–Trinajstić information content (AvgIpc) is 2.04. The molecule has 0 aliphatic heterocycles. The van der Waals surface area contributed by atoms with Gasteiger partial charge in [-0.05, 0) is 0 Å². The normalized spacial score (nSPS) is 11.3. The highest BCUT2D eigenvalue weighted by atomic mass is 32.1. The molecule has 0 aliphatic carbocycles. The molecular weight excluding hydrogens is 204 g/mol. The van der Waals surface area contributed by atoms with E-state index in [9.17, 15) is 0 Å². The van der Waals surface area contributed by atoms with Crippen molar-refractivity contribution in [3.8, 4) is 6.07 Å². The molecule has 0 saturated carbocycles. The molecule has 0 saturated heterocycles. The van der Waals surface area contributed by atoms with Crippen LogP contribution in [0.5, 0.6) is 0 Å². The van der Waals surface area contributed by atoms with E-state index in [0.29, 0.717) is 9.67 Å². The molecule has 1 atom stereocenters. The van der Waals surface area contributed by atoms with Gasteiger partial charge in [0.2, 0.25) is 5.82 Å². The summed E-state index contributed by atoms with van der Waals surface area (Å²) in [6, 6.07) is 2.40. The van der Waals surface area contributed by atoms with Crippen molar-refractivity contribution in [2.24, 2.45) is 0 Å². The summed E-state index contributed by atoms with van der Waals surface area (Å²) in [5, 5.41) is 8.98. The van der Waals surface area contributed by atoms with Gasteiger partial charge in [0.05, 0.1) is 5.03 Å². The van der Waals surface area contributed by atoms with Crippen LogP contribution in [0.4, 0.5) is 0 Å². The maximum atomic E-state index is 8.58. The van der Waals surface area contributed by atoms with Crippen molar-refractivity contribution in [3.05, 3.63) is 27.9 Å². The van der Waals surface area contributed by atoms with E-state index in [1.165, 1.54) is 0 Å². The third kappa shape index (κ3) is 2.28. The molecule has 1 aromatic rings. The molecule has 1 rings (SSSR count). The van der Waals surface area contributed by atoms with E-state index in [0.717, 1.165) is 0 Å². The van der Waals surface area contributed by atoms with Crippen LogP contribution in [-0.4, -0.2) is 9.97 Å². The first-order chi connectivity index (χ1) is 6.17. The quantitative estimate of drug-likeness (QED) is 0.321. The summed E-state index contributed by atoms with van der Waals surface area (Å²) in [6.45, 7) is 6.72. The van der Waals surface area contributed by atoms with Crippen LogP contribution in [0.3, 0.4) is 0 Å². The van der Waals surface area contributed by atoms with E-state index in [-0.39, 0.29) is 5.82 Å². The second-order valence-corrected chi connectivity index (χ2v) is 3.05. The minimum atomic E-state index is -0.936. The largest absolute Gasteiger partial charge is 0.363 e. The summed E-state index contributed by atoms with van der Waals surface area (Å²) in [6.07, 6.45) is 0. The Morgan fingerprint density at radius 2 is 2.54 bits per heavy atom. The van der Waals surface area contributed by atoms with Crippen molar-refractivity contribution in [2.45, 2.75) is 11.1 Å². The highest BCUT2D eigenvalue weighted by molar-refractivity contribution is 7.80. The number of nitrogens with zero attached hydrogens (tertiary/aromatic N) is 3. The molecule has 13 heavy (non-hydrogen) atoms. The smallest absolute Gasteiger partial charge is 0.327 e. The first kappa shape index (κ1) is 9.72. The van der Waals surface area contributed by atoms with Crippen LogP contribution in [0.25, 0.3) is 4.85 Å². The lowest BCUT2D eigenvalue weighted by molar-refractivity contribution is 0.863. The lowest BCUT2D eigenvalue weighted by Gasteiger charge is -1.97. The third-order valence-electron chi connectivity index (χ3n) is 1.26. The predicted octanol–water partition coefficient (Wildman–Crippen LogP) is 1.91. The Labute approximate surface area is 85.5 Å². The van der Waals surface area contributed by atoms with Gasteiger partial charge < -0.3 is 4.98 Å². The number of aromatic amines is 1. The summed E-state index contributed by atoms with van der Waals surface area (Å²) in [5.74, 6) is 0.245. The lowest BCUT2D eigenvalue weighted by Crippen LogP contribution is -1.98. The number of nitrogens with one attached hydrogen (secondary N) is 1. The Bertz CT molecular complexity index is 437. The molecule has 0 amide bonds. The van der Waals surface area contributed by atoms with E-state index in [1.807, 2.05) is 0 Å². The molecular formula is C7H4N4S2. The van der Waals surface area contributed by atoms with Crippen molar-refractivity contribution in [1.29, 1.82) is 5.26 Å². The number of hydrogen-bond acceptors (Lipinski definition) is 4. The van der Waals surface area contributed by atoms with Gasteiger partial charge in [0.15, 0.2) is 6.07 Å². The van der Waals surface area contributed by atoms with Gasteiger partial charge in [-0.3, -0.25) is 4.85 Å². The van der Waals surface area contributed by atoms with Crippen LogP contribution in [0.2, 0.25) is 0 Å². The van der Waals surface area contributed by atoms with Gasteiger partial charge in [-0.15, -0.1) is 12.6 Å². The number of H-pyrrole nitrogens is 1. The fourth-order valence-electron chi connectivity index (χ4n) is 0.744. The maximum Gasteiger partial charge on any atom is 0.363 e. The number of aromatic nitrogens is 2. The molecule has 0 fully saturated rings. The topological polar surface area (TPSA) is 56.8 Å². The van der Waals surface area contributed by atoms with Gasteiger partial charge in [-0.25, -0.2) is 11.6 Å². The molecule has 0 bridgehead atoms. The average molecular weight is 208 g/mol. The highest BCUT2D eigenvalue weighted by Crippen LogP contribution is 2.13. The Kier molecular flexibility index (Phi) is 3.02. The minimum absolute atomic E-state index is 0.245. The van der Waals surface area contributed by atoms with E-state index in [1.54, 1.807) is 12.1 Å². The Hall–Kier alpha value is -1.37. The molecule has 4 nitrogen and oxygen atoms in total. The van der Waals surface area contributed by atoms with Crippen LogP contribution in [0, 0.1) is 22.5 Å². The van der Waals surface area contributed by atoms with Crippen LogP contribution >= 0.6 is 24.8 Å². The SMILES string of the molecule is [C-]#[N+]C(C#N)c1nc(S)cc(=S)[nH]1. The second kappa shape index (κ2) is 4.04. The van der Waals surface area contributed by atoms with E-state index >= 15 is 0 Å². The Morgan fingerprint density at radius 1 is 1.85 bits per heavy atom. The fourth-order valence-corrected chi connectivity index (χ4v) is 1.28. The third-order valence-corrected chi connectivity index (χ3v) is 1.71. The number of rotatable bonds is 1. The zero-order valence-corrected chi connectivity index (χ0v) is 8.06. The van der Waals surface area contributed by atoms with Gasteiger partial charge >= 0.3 is 6.04 Å². The number of nitriles is 1. The summed E-state index contributed by atoms with van der Waals surface area (Å²) < 4.78 is 0.416. The molecule has 6 heteroatoms. The Morgan fingerprint density at radius 3 is 3.00 bits per heavy atom. The second-order valence-electron chi connectivity index (χ2n) is 2.15. The highest BCUT2D eigenvalue weighted by Gasteiger charge is 2.16. The molecule has 1 heterocycles. The van der Waals surface area contributed by atoms with E-state index in [2.05, 4.69) is 27.4 Å². The van der Waals surface area contributed by atoms with E-state index in [4.69, 9.17) is 24.1 Å². The van der Waals surface area contributed by atoms with Crippen LogP contribution in [-0.2, 0) is 0 Å². The predicted molar refractivity (Wildman–Crippen MR) is 51.6 cm³/mol. The van der Waals surface area contributed by atoms with E-state index < -0.39 is 6.04 Å². The van der Waals surface area contributed by atoms with Crippen molar-refractivity contribution >= 4 is 24.8 Å². The zero-order chi connectivity index (χ0) is 9.84. The van der Waals surface area contributed by atoms with Crippen molar-refractivity contribution in [2.75, 3.05) is 0 Å². The van der Waals surface area contributed by atoms with Gasteiger partial charge in [0.25, 0.3) is 0 Å². The van der Waals surface area contributed by atoms with Gasteiger partial charge in [-0.1, -0.05) is 12.2 Å². The van der Waals surface area contributed by atoms with Crippen LogP contribution in [0.1, 0.15) is 11.9 Å². The van der Waals surface area contributed by atoms with Gasteiger partial charge in [0.1, 0.15) is 4.64 Å².